The van der Waals surface area contributed by atoms with E-state index in [-0.39, 0.29) is 27.8 Å². The molecule has 2 aromatic carbocycles. The van der Waals surface area contributed by atoms with Gasteiger partial charge >= 0.3 is 0 Å². The second-order valence-corrected chi connectivity index (χ2v) is 10.2. The van der Waals surface area contributed by atoms with Gasteiger partial charge in [0.05, 0.1) is 10.5 Å². The van der Waals surface area contributed by atoms with Crippen molar-refractivity contribution in [2.45, 2.75) is 36.5 Å². The van der Waals surface area contributed by atoms with Crippen LogP contribution in [-0.4, -0.2) is 31.1 Å². The number of halogens is 2. The predicted molar refractivity (Wildman–Crippen MR) is 116 cm³/mol. The Morgan fingerprint density at radius 3 is 2.47 bits per heavy atom. The zero-order chi connectivity index (χ0) is 22.9. The van der Waals surface area contributed by atoms with Crippen LogP contribution in [0.15, 0.2) is 47.4 Å². The first-order valence-corrected chi connectivity index (χ1v) is 12.3. The van der Waals surface area contributed by atoms with Crippen LogP contribution < -0.4 is 10.0 Å². The molecule has 1 aromatic heterocycles. The van der Waals surface area contributed by atoms with E-state index in [0.29, 0.717) is 5.01 Å². The summed E-state index contributed by atoms with van der Waals surface area (Å²) in [5.41, 5.74) is 0.114. The maximum absolute atomic E-state index is 14.3. The number of carbonyl (C=O) groups is 1. The third kappa shape index (κ3) is 4.15. The quantitative estimate of drug-likeness (QED) is 0.537. The van der Waals surface area contributed by atoms with Crippen LogP contribution >= 0.6 is 11.3 Å². The van der Waals surface area contributed by atoms with Gasteiger partial charge in [0, 0.05) is 12.0 Å². The molecular formula is C21H20F2N4O3S2. The second-order valence-electron chi connectivity index (χ2n) is 7.45. The average molecular weight is 479 g/mol. The first-order chi connectivity index (χ1) is 15.2. The molecule has 2 N–H and O–H groups in total. The maximum atomic E-state index is 14.3. The summed E-state index contributed by atoms with van der Waals surface area (Å²) in [6.07, 6.45) is 2.62. The first-order valence-electron chi connectivity index (χ1n) is 9.96. The number of anilines is 1. The van der Waals surface area contributed by atoms with Gasteiger partial charge in [0.2, 0.25) is 15.2 Å². The van der Waals surface area contributed by atoms with Gasteiger partial charge < -0.3 is 0 Å². The standard InChI is InChI=1S/C21H20F2N4O3S2/c1-2-24-32(29,30)15-8-9-17(23)16(12-15)18(28)25-20-27-26-19(31-20)21(10-3-11-21)13-4-6-14(22)7-5-13/h4-9,12,24H,2-3,10-11H2,1H3,(H,25,27,28). The molecular weight excluding hydrogens is 458 g/mol. The molecule has 7 nitrogen and oxygen atoms in total. The molecule has 168 valence electrons. The zero-order valence-corrected chi connectivity index (χ0v) is 18.7. The van der Waals surface area contributed by atoms with Crippen molar-refractivity contribution < 1.29 is 22.0 Å². The number of sulfonamides is 1. The number of hydrogen-bond acceptors (Lipinski definition) is 6. The van der Waals surface area contributed by atoms with Gasteiger partial charge in [0.15, 0.2) is 0 Å². The van der Waals surface area contributed by atoms with E-state index >= 15 is 0 Å². The molecule has 0 aliphatic heterocycles. The number of aromatic nitrogens is 2. The number of amides is 1. The molecule has 1 amide bonds. The molecule has 11 heteroatoms. The van der Waals surface area contributed by atoms with Gasteiger partial charge in [-0.1, -0.05) is 36.8 Å². The molecule has 0 unspecified atom stereocenters. The van der Waals surface area contributed by atoms with Crippen LogP contribution in [0.4, 0.5) is 13.9 Å². The molecule has 32 heavy (non-hydrogen) atoms. The minimum atomic E-state index is -3.85. The lowest BCUT2D eigenvalue weighted by molar-refractivity contribution is 0.102. The van der Waals surface area contributed by atoms with Crippen molar-refractivity contribution in [2.24, 2.45) is 0 Å². The number of rotatable bonds is 7. The van der Waals surface area contributed by atoms with Crippen LogP contribution in [0.5, 0.6) is 0 Å². The molecule has 0 saturated heterocycles. The third-order valence-electron chi connectivity index (χ3n) is 5.49. The number of benzene rings is 2. The zero-order valence-electron chi connectivity index (χ0n) is 17.1. The summed E-state index contributed by atoms with van der Waals surface area (Å²) >= 11 is 1.16. The van der Waals surface area contributed by atoms with E-state index in [1.807, 2.05) is 0 Å². The van der Waals surface area contributed by atoms with Crippen LogP contribution in [0.2, 0.25) is 0 Å². The normalized spacial score (nSPS) is 15.2. The Morgan fingerprint density at radius 1 is 1.12 bits per heavy atom. The molecule has 3 aromatic rings. The highest BCUT2D eigenvalue weighted by Crippen LogP contribution is 2.50. The highest BCUT2D eigenvalue weighted by atomic mass is 32.2. The van der Waals surface area contributed by atoms with Crippen molar-refractivity contribution in [1.82, 2.24) is 14.9 Å². The Bertz CT molecular complexity index is 1260. The van der Waals surface area contributed by atoms with Crippen LogP contribution in [0, 0.1) is 11.6 Å². The fourth-order valence-corrected chi connectivity index (χ4v) is 5.75. The van der Waals surface area contributed by atoms with Gasteiger partial charge in [-0.2, -0.15) is 0 Å². The Hall–Kier alpha value is -2.76. The van der Waals surface area contributed by atoms with Gasteiger partial charge in [-0.05, 0) is 48.7 Å². The monoisotopic (exact) mass is 478 g/mol. The number of hydrogen-bond donors (Lipinski definition) is 2. The number of nitrogens with one attached hydrogen (secondary N) is 2. The fourth-order valence-electron chi connectivity index (χ4n) is 3.68. The van der Waals surface area contributed by atoms with E-state index in [1.165, 1.54) is 12.1 Å². The first kappa shape index (κ1) is 22.4. The molecule has 0 spiro atoms. The maximum Gasteiger partial charge on any atom is 0.260 e. The van der Waals surface area contributed by atoms with Crippen molar-refractivity contribution in [2.75, 3.05) is 11.9 Å². The summed E-state index contributed by atoms with van der Waals surface area (Å²) in [5, 5.41) is 11.6. The van der Waals surface area contributed by atoms with Gasteiger partial charge in [-0.25, -0.2) is 21.9 Å². The lowest BCUT2D eigenvalue weighted by atomic mass is 9.65. The Kier molecular flexibility index (Phi) is 6.06. The summed E-state index contributed by atoms with van der Waals surface area (Å²) in [5.74, 6) is -2.01. The topological polar surface area (TPSA) is 101 Å². The Balaban J connectivity index is 1.58. The molecule has 0 radical (unpaired) electrons. The third-order valence-corrected chi connectivity index (χ3v) is 8.07. The lowest BCUT2D eigenvalue weighted by Crippen LogP contribution is -2.35. The van der Waals surface area contributed by atoms with E-state index in [1.54, 1.807) is 19.1 Å². The minimum absolute atomic E-state index is 0.157. The van der Waals surface area contributed by atoms with Crippen LogP contribution in [-0.2, 0) is 15.4 Å². The summed E-state index contributed by atoms with van der Waals surface area (Å²) in [6.45, 7) is 1.77. The summed E-state index contributed by atoms with van der Waals surface area (Å²) in [6, 6.07) is 9.25. The van der Waals surface area contributed by atoms with Crippen molar-refractivity contribution >= 4 is 32.4 Å². The van der Waals surface area contributed by atoms with Gasteiger partial charge in [-0.3, -0.25) is 10.1 Å². The molecule has 1 aliphatic carbocycles. The van der Waals surface area contributed by atoms with E-state index in [9.17, 15) is 22.0 Å². The number of nitrogens with zero attached hydrogens (tertiary/aromatic N) is 2. The van der Waals surface area contributed by atoms with Gasteiger partial charge in [0.25, 0.3) is 5.91 Å². The molecule has 0 bridgehead atoms. The minimum Gasteiger partial charge on any atom is -0.296 e. The van der Waals surface area contributed by atoms with Gasteiger partial charge in [-0.15, -0.1) is 10.2 Å². The Labute approximate surface area is 187 Å². The number of carbonyl (C=O) groups excluding carboxylic acids is 1. The summed E-state index contributed by atoms with van der Waals surface area (Å²) in [4.78, 5) is 12.4. The Morgan fingerprint density at radius 2 is 1.84 bits per heavy atom. The molecule has 1 fully saturated rings. The van der Waals surface area contributed by atoms with E-state index < -0.39 is 27.3 Å². The highest BCUT2D eigenvalue weighted by Gasteiger charge is 2.43. The van der Waals surface area contributed by atoms with Crippen molar-refractivity contribution in [3.8, 4) is 0 Å². The predicted octanol–water partition coefficient (Wildman–Crippen LogP) is 3.84. The van der Waals surface area contributed by atoms with E-state index in [4.69, 9.17) is 0 Å². The highest BCUT2D eigenvalue weighted by molar-refractivity contribution is 7.89. The van der Waals surface area contributed by atoms with Crippen molar-refractivity contribution in [3.05, 3.63) is 70.2 Å². The molecule has 1 heterocycles. The van der Waals surface area contributed by atoms with Gasteiger partial charge in [0.1, 0.15) is 16.6 Å². The fraction of sp³-hybridized carbons (Fsp3) is 0.286. The smallest absolute Gasteiger partial charge is 0.260 e. The van der Waals surface area contributed by atoms with E-state index in [0.717, 1.165) is 54.4 Å². The van der Waals surface area contributed by atoms with Crippen molar-refractivity contribution in [3.63, 3.8) is 0 Å². The van der Waals surface area contributed by atoms with E-state index in [2.05, 4.69) is 20.2 Å². The SMILES string of the molecule is CCNS(=O)(=O)c1ccc(F)c(C(=O)Nc2nnc(C3(c4ccc(F)cc4)CCC3)s2)c1. The average Bonchev–Trinajstić information content (AvgIpc) is 3.17. The largest absolute Gasteiger partial charge is 0.296 e. The summed E-state index contributed by atoms with van der Waals surface area (Å²) < 4.78 is 54.3. The van der Waals surface area contributed by atoms with Crippen LogP contribution in [0.1, 0.15) is 47.1 Å². The van der Waals surface area contributed by atoms with Crippen LogP contribution in [0.25, 0.3) is 0 Å². The van der Waals surface area contributed by atoms with Crippen LogP contribution in [0.3, 0.4) is 0 Å². The molecule has 4 rings (SSSR count). The molecule has 0 atom stereocenters. The molecule has 1 aliphatic rings. The lowest BCUT2D eigenvalue weighted by Gasteiger charge is -2.40. The van der Waals surface area contributed by atoms with Crippen molar-refractivity contribution in [1.29, 1.82) is 0 Å². The second kappa shape index (κ2) is 8.64. The summed E-state index contributed by atoms with van der Waals surface area (Å²) in [7, 11) is -3.85. The molecule has 1 saturated carbocycles.